The summed E-state index contributed by atoms with van der Waals surface area (Å²) in [5, 5.41) is 3.79. The summed E-state index contributed by atoms with van der Waals surface area (Å²) in [4.78, 5) is 12.8. The van der Waals surface area contributed by atoms with Crippen molar-refractivity contribution in [1.82, 2.24) is 10.9 Å². The van der Waals surface area contributed by atoms with Crippen LogP contribution in [0, 0.1) is 19.7 Å². The Hall–Kier alpha value is -1.83. The Morgan fingerprint density at radius 1 is 1.19 bits per heavy atom. The molecule has 0 saturated carbocycles. The van der Waals surface area contributed by atoms with Gasteiger partial charge in [0.25, 0.3) is 0 Å². The molecule has 0 spiro atoms. The van der Waals surface area contributed by atoms with Gasteiger partial charge >= 0.3 is 0 Å². The standard InChI is InChI=1S/C18H19ClFN3OS2/c1-11-9-12(2)17(15(19)10-11)21-18(25)23-22-16(24)7-8-26-14-5-3-13(20)4-6-14/h3-6,9-10H,7-8H2,1-2H3,(H,22,24)(H2,21,23,25). The summed E-state index contributed by atoms with van der Waals surface area (Å²) in [6, 6.07) is 9.98. The van der Waals surface area contributed by atoms with Crippen LogP contribution < -0.4 is 16.2 Å². The number of nitrogens with one attached hydrogen (secondary N) is 3. The maximum Gasteiger partial charge on any atom is 0.239 e. The molecule has 0 aliphatic carbocycles. The summed E-state index contributed by atoms with van der Waals surface area (Å²) in [5.74, 6) is 0.0964. The van der Waals surface area contributed by atoms with Crippen LogP contribution in [0.3, 0.4) is 0 Å². The van der Waals surface area contributed by atoms with Crippen molar-refractivity contribution in [3.05, 3.63) is 58.4 Å². The number of carbonyl (C=O) groups is 1. The highest BCUT2D eigenvalue weighted by Gasteiger charge is 2.08. The number of carbonyl (C=O) groups excluding carboxylic acids is 1. The van der Waals surface area contributed by atoms with E-state index >= 15 is 0 Å². The molecule has 3 N–H and O–H groups in total. The lowest BCUT2D eigenvalue weighted by atomic mass is 10.1. The molecule has 0 aromatic heterocycles. The lowest BCUT2D eigenvalue weighted by Crippen LogP contribution is -2.44. The van der Waals surface area contributed by atoms with Gasteiger partial charge in [-0.1, -0.05) is 17.7 Å². The molecule has 0 atom stereocenters. The average molecular weight is 412 g/mol. The molecule has 26 heavy (non-hydrogen) atoms. The molecule has 0 aliphatic rings. The van der Waals surface area contributed by atoms with E-state index in [9.17, 15) is 9.18 Å². The van der Waals surface area contributed by atoms with Gasteiger partial charge < -0.3 is 5.32 Å². The van der Waals surface area contributed by atoms with Gasteiger partial charge in [-0.15, -0.1) is 11.8 Å². The zero-order chi connectivity index (χ0) is 19.1. The van der Waals surface area contributed by atoms with Crippen molar-refractivity contribution in [2.45, 2.75) is 25.2 Å². The van der Waals surface area contributed by atoms with Crippen LogP contribution >= 0.6 is 35.6 Å². The molecule has 1 amide bonds. The van der Waals surface area contributed by atoms with E-state index in [-0.39, 0.29) is 16.8 Å². The van der Waals surface area contributed by atoms with Crippen LogP contribution in [0.1, 0.15) is 17.5 Å². The largest absolute Gasteiger partial charge is 0.330 e. The Kier molecular flexibility index (Phi) is 7.68. The number of amides is 1. The monoisotopic (exact) mass is 411 g/mol. The second kappa shape index (κ2) is 9.75. The molecule has 2 rings (SSSR count). The third-order valence-electron chi connectivity index (χ3n) is 3.40. The number of hydrogen-bond donors (Lipinski definition) is 3. The number of halogens is 2. The summed E-state index contributed by atoms with van der Waals surface area (Å²) in [5.41, 5.74) is 7.92. The summed E-state index contributed by atoms with van der Waals surface area (Å²) in [6.07, 6.45) is 0.294. The lowest BCUT2D eigenvalue weighted by molar-refractivity contribution is -0.121. The molecule has 0 aliphatic heterocycles. The molecule has 0 fully saturated rings. The first-order valence-electron chi connectivity index (χ1n) is 7.86. The van der Waals surface area contributed by atoms with Gasteiger partial charge in [-0.25, -0.2) is 4.39 Å². The third kappa shape index (κ3) is 6.48. The van der Waals surface area contributed by atoms with E-state index in [1.54, 1.807) is 12.1 Å². The van der Waals surface area contributed by atoms with Gasteiger partial charge in [0, 0.05) is 17.1 Å². The van der Waals surface area contributed by atoms with Crippen molar-refractivity contribution in [3.8, 4) is 0 Å². The predicted molar refractivity (Wildman–Crippen MR) is 110 cm³/mol. The minimum absolute atomic E-state index is 0.199. The van der Waals surface area contributed by atoms with Crippen LogP contribution in [-0.4, -0.2) is 16.8 Å². The second-order valence-corrected chi connectivity index (χ2v) is 7.60. The van der Waals surface area contributed by atoms with Crippen LogP contribution in [0.4, 0.5) is 10.1 Å². The highest BCUT2D eigenvalue weighted by Crippen LogP contribution is 2.27. The molecule has 0 radical (unpaired) electrons. The van der Waals surface area contributed by atoms with Gasteiger partial charge in [-0.3, -0.25) is 15.6 Å². The van der Waals surface area contributed by atoms with Crippen molar-refractivity contribution < 1.29 is 9.18 Å². The van der Waals surface area contributed by atoms with Crippen LogP contribution in [0.5, 0.6) is 0 Å². The second-order valence-electron chi connectivity index (χ2n) is 5.62. The van der Waals surface area contributed by atoms with E-state index in [4.69, 9.17) is 23.8 Å². The van der Waals surface area contributed by atoms with Crippen molar-refractivity contribution in [2.24, 2.45) is 0 Å². The Bertz CT molecular complexity index is 777. The molecule has 138 valence electrons. The average Bonchev–Trinajstić information content (AvgIpc) is 2.58. The third-order valence-corrected chi connectivity index (χ3v) is 4.91. The number of thioether (sulfide) groups is 1. The fourth-order valence-electron chi connectivity index (χ4n) is 2.20. The molecule has 2 aromatic rings. The molecule has 4 nitrogen and oxygen atoms in total. The van der Waals surface area contributed by atoms with Crippen LogP contribution in [0.15, 0.2) is 41.3 Å². The molecular formula is C18H19ClFN3OS2. The molecule has 0 saturated heterocycles. The number of thiocarbonyl (C=S) groups is 1. The Morgan fingerprint density at radius 3 is 2.54 bits per heavy atom. The number of benzene rings is 2. The quantitative estimate of drug-likeness (QED) is 0.381. The lowest BCUT2D eigenvalue weighted by Gasteiger charge is -2.15. The molecule has 0 heterocycles. The first-order chi connectivity index (χ1) is 12.3. The zero-order valence-corrected chi connectivity index (χ0v) is 16.7. The van der Waals surface area contributed by atoms with E-state index in [2.05, 4.69) is 16.2 Å². The highest BCUT2D eigenvalue weighted by atomic mass is 35.5. The van der Waals surface area contributed by atoms with Gasteiger partial charge in [0.05, 0.1) is 10.7 Å². The number of hydrogen-bond acceptors (Lipinski definition) is 3. The number of aryl methyl sites for hydroxylation is 2. The normalized spacial score (nSPS) is 10.3. The van der Waals surface area contributed by atoms with Crippen LogP contribution in [-0.2, 0) is 4.79 Å². The van der Waals surface area contributed by atoms with E-state index in [1.807, 2.05) is 26.0 Å². The minimum atomic E-state index is -0.277. The minimum Gasteiger partial charge on any atom is -0.330 e. The molecule has 0 bridgehead atoms. The van der Waals surface area contributed by atoms with Crippen LogP contribution in [0.25, 0.3) is 0 Å². The van der Waals surface area contributed by atoms with Gasteiger partial charge in [-0.05, 0) is 67.5 Å². The van der Waals surface area contributed by atoms with Gasteiger partial charge in [0.2, 0.25) is 5.91 Å². The summed E-state index contributed by atoms with van der Waals surface area (Å²) in [7, 11) is 0. The Labute approximate surface area is 166 Å². The molecule has 0 unspecified atom stereocenters. The number of hydrazine groups is 1. The fraction of sp³-hybridized carbons (Fsp3) is 0.222. The van der Waals surface area contributed by atoms with Gasteiger partial charge in [-0.2, -0.15) is 0 Å². The van der Waals surface area contributed by atoms with Crippen molar-refractivity contribution in [2.75, 3.05) is 11.1 Å². The van der Waals surface area contributed by atoms with Crippen molar-refractivity contribution >= 4 is 52.3 Å². The first-order valence-corrected chi connectivity index (χ1v) is 9.63. The number of rotatable bonds is 5. The maximum absolute atomic E-state index is 12.8. The topological polar surface area (TPSA) is 53.2 Å². The van der Waals surface area contributed by atoms with Crippen LogP contribution in [0.2, 0.25) is 5.02 Å². The number of anilines is 1. The van der Waals surface area contributed by atoms with Crippen molar-refractivity contribution in [1.29, 1.82) is 0 Å². The van der Waals surface area contributed by atoms with E-state index in [1.165, 1.54) is 23.9 Å². The van der Waals surface area contributed by atoms with E-state index in [0.29, 0.717) is 22.9 Å². The summed E-state index contributed by atoms with van der Waals surface area (Å²) in [6.45, 7) is 3.89. The first kappa shape index (κ1) is 20.5. The predicted octanol–water partition coefficient (Wildman–Crippen LogP) is 4.60. The van der Waals surface area contributed by atoms with Gasteiger partial charge in [0.1, 0.15) is 5.82 Å². The highest BCUT2D eigenvalue weighted by molar-refractivity contribution is 7.99. The fourth-order valence-corrected chi connectivity index (χ4v) is 3.57. The van der Waals surface area contributed by atoms with Crippen molar-refractivity contribution in [3.63, 3.8) is 0 Å². The Balaban J connectivity index is 1.73. The van der Waals surface area contributed by atoms with E-state index < -0.39 is 0 Å². The summed E-state index contributed by atoms with van der Waals surface area (Å²) < 4.78 is 12.8. The smallest absolute Gasteiger partial charge is 0.239 e. The summed E-state index contributed by atoms with van der Waals surface area (Å²) >= 11 is 12.9. The van der Waals surface area contributed by atoms with Gasteiger partial charge in [0.15, 0.2) is 5.11 Å². The maximum atomic E-state index is 12.8. The van der Waals surface area contributed by atoms with E-state index in [0.717, 1.165) is 16.0 Å². The Morgan fingerprint density at radius 2 is 1.88 bits per heavy atom. The SMILES string of the molecule is Cc1cc(C)c(NC(=S)NNC(=O)CCSc2ccc(F)cc2)c(Cl)c1. The zero-order valence-electron chi connectivity index (χ0n) is 14.4. The molecule has 8 heteroatoms. The molecular weight excluding hydrogens is 393 g/mol. The molecule has 2 aromatic carbocycles.